The molecular weight excluding hydrogens is 361 g/mol. The number of anilines is 1. The van der Waals surface area contributed by atoms with Gasteiger partial charge >= 0.3 is 0 Å². The highest BCUT2D eigenvalue weighted by Crippen LogP contribution is 2.31. The highest BCUT2D eigenvalue weighted by atomic mass is 32.2. The first kappa shape index (κ1) is 17.8. The number of aromatic nitrogens is 2. The maximum atomic E-state index is 13.1. The molecule has 1 aliphatic heterocycles. The van der Waals surface area contributed by atoms with Gasteiger partial charge in [-0.3, -0.25) is 4.79 Å². The Morgan fingerprint density at radius 1 is 1.22 bits per heavy atom. The molecule has 138 valence electrons. The number of H-pyrrole nitrogens is 1. The van der Waals surface area contributed by atoms with Gasteiger partial charge in [0.15, 0.2) is 5.16 Å². The number of para-hydroxylation sites is 1. The first-order valence-corrected chi connectivity index (χ1v) is 9.86. The molecule has 0 radical (unpaired) electrons. The number of aryl methyl sites for hydroxylation is 1. The van der Waals surface area contributed by atoms with Crippen molar-refractivity contribution in [3.8, 4) is 11.3 Å². The molecule has 1 atom stereocenters. The van der Waals surface area contributed by atoms with Crippen LogP contribution in [0.1, 0.15) is 18.9 Å². The zero-order valence-corrected chi connectivity index (χ0v) is 15.8. The van der Waals surface area contributed by atoms with Crippen molar-refractivity contribution in [2.45, 2.75) is 30.2 Å². The summed E-state index contributed by atoms with van der Waals surface area (Å²) in [6.07, 6.45) is 3.71. The summed E-state index contributed by atoms with van der Waals surface area (Å²) in [6.45, 7) is 2.66. The summed E-state index contributed by atoms with van der Waals surface area (Å²) in [5.74, 6) is -0.180. The van der Waals surface area contributed by atoms with Crippen LogP contribution in [0.15, 0.2) is 59.9 Å². The van der Waals surface area contributed by atoms with E-state index in [2.05, 4.69) is 16.0 Å². The summed E-state index contributed by atoms with van der Waals surface area (Å²) in [6, 6.07) is 14.4. The highest BCUT2D eigenvalue weighted by Gasteiger charge is 2.27. The minimum absolute atomic E-state index is 0.0897. The van der Waals surface area contributed by atoms with Crippen LogP contribution in [-0.2, 0) is 11.2 Å². The highest BCUT2D eigenvalue weighted by molar-refractivity contribution is 8.00. The number of amides is 1. The summed E-state index contributed by atoms with van der Waals surface area (Å²) in [7, 11) is 0. The fourth-order valence-corrected chi connectivity index (χ4v) is 4.18. The minimum atomic E-state index is -0.270. The predicted octanol–water partition coefficient (Wildman–Crippen LogP) is 4.68. The van der Waals surface area contributed by atoms with Crippen LogP contribution in [0.2, 0.25) is 0 Å². The van der Waals surface area contributed by atoms with Crippen LogP contribution in [0.4, 0.5) is 10.1 Å². The fourth-order valence-electron chi connectivity index (χ4n) is 3.34. The number of nitrogens with zero attached hydrogens (tertiary/aromatic N) is 2. The van der Waals surface area contributed by atoms with Crippen molar-refractivity contribution in [2.24, 2.45) is 0 Å². The van der Waals surface area contributed by atoms with Gasteiger partial charge in [-0.05, 0) is 61.2 Å². The van der Waals surface area contributed by atoms with Gasteiger partial charge in [0.05, 0.1) is 17.1 Å². The molecule has 27 heavy (non-hydrogen) atoms. The van der Waals surface area contributed by atoms with E-state index in [9.17, 15) is 9.18 Å². The van der Waals surface area contributed by atoms with Crippen molar-refractivity contribution < 1.29 is 9.18 Å². The molecule has 0 fully saturated rings. The van der Waals surface area contributed by atoms with Crippen LogP contribution in [0, 0.1) is 5.82 Å². The number of imidazole rings is 1. The third kappa shape index (κ3) is 3.76. The van der Waals surface area contributed by atoms with E-state index in [1.165, 1.54) is 29.5 Å². The predicted molar refractivity (Wildman–Crippen MR) is 106 cm³/mol. The standard InChI is InChI=1S/C21H20FN3OS/c1-14(20(26)25-12-4-6-16-5-2-3-7-19(16)25)27-21-23-13-18(24-21)15-8-10-17(22)11-9-15/h2-3,5,7-11,13-14H,4,6,12H2,1H3,(H,23,24)/t14-/m0/s1. The number of halogens is 1. The lowest BCUT2D eigenvalue weighted by atomic mass is 10.0. The molecule has 1 amide bonds. The molecule has 0 saturated carbocycles. The number of rotatable bonds is 4. The number of nitrogens with one attached hydrogen (secondary N) is 1. The molecule has 3 aromatic rings. The molecule has 1 N–H and O–H groups in total. The lowest BCUT2D eigenvalue weighted by molar-refractivity contribution is -0.117. The van der Waals surface area contributed by atoms with Crippen LogP contribution in [0.3, 0.4) is 0 Å². The molecule has 0 saturated heterocycles. The number of hydrogen-bond acceptors (Lipinski definition) is 3. The summed E-state index contributed by atoms with van der Waals surface area (Å²) >= 11 is 1.41. The zero-order chi connectivity index (χ0) is 18.8. The molecule has 6 heteroatoms. The van der Waals surface area contributed by atoms with Gasteiger partial charge in [-0.2, -0.15) is 0 Å². The summed E-state index contributed by atoms with van der Waals surface area (Å²) in [4.78, 5) is 22.5. The van der Waals surface area contributed by atoms with E-state index in [-0.39, 0.29) is 17.0 Å². The molecule has 0 unspecified atom stereocenters. The number of benzene rings is 2. The Balaban J connectivity index is 1.47. The second kappa shape index (κ2) is 7.56. The molecular formula is C21H20FN3OS. The Bertz CT molecular complexity index is 954. The molecule has 0 spiro atoms. The SMILES string of the molecule is C[C@H](Sc1ncc(-c2ccc(F)cc2)[nH]1)C(=O)N1CCCc2ccccc21. The Labute approximate surface area is 161 Å². The zero-order valence-electron chi connectivity index (χ0n) is 15.0. The van der Waals surface area contributed by atoms with E-state index in [0.29, 0.717) is 5.16 Å². The second-order valence-corrected chi connectivity index (χ2v) is 7.92. The van der Waals surface area contributed by atoms with E-state index < -0.39 is 0 Å². The van der Waals surface area contributed by atoms with Gasteiger partial charge in [-0.15, -0.1) is 0 Å². The topological polar surface area (TPSA) is 49.0 Å². The van der Waals surface area contributed by atoms with Gasteiger partial charge in [-0.25, -0.2) is 9.37 Å². The number of thioether (sulfide) groups is 1. The van der Waals surface area contributed by atoms with Crippen LogP contribution in [0.5, 0.6) is 0 Å². The van der Waals surface area contributed by atoms with E-state index in [1.807, 2.05) is 30.0 Å². The fraction of sp³-hybridized carbons (Fsp3) is 0.238. The third-order valence-corrected chi connectivity index (χ3v) is 5.71. The lowest BCUT2D eigenvalue weighted by Gasteiger charge is -2.31. The summed E-state index contributed by atoms with van der Waals surface area (Å²) in [5.41, 5.74) is 3.92. The molecule has 4 rings (SSSR count). The van der Waals surface area contributed by atoms with Gasteiger partial charge in [-0.1, -0.05) is 30.0 Å². The van der Waals surface area contributed by atoms with E-state index in [1.54, 1.807) is 18.3 Å². The number of carbonyl (C=O) groups excluding carboxylic acids is 1. The summed E-state index contributed by atoms with van der Waals surface area (Å²) < 4.78 is 13.1. The maximum absolute atomic E-state index is 13.1. The van der Waals surface area contributed by atoms with Gasteiger partial charge in [0.2, 0.25) is 5.91 Å². The van der Waals surface area contributed by atoms with Crippen molar-refractivity contribution in [2.75, 3.05) is 11.4 Å². The number of fused-ring (bicyclic) bond motifs is 1. The third-order valence-electron chi connectivity index (χ3n) is 4.72. The molecule has 0 bridgehead atoms. The van der Waals surface area contributed by atoms with Crippen LogP contribution in [-0.4, -0.2) is 27.7 Å². The molecule has 2 heterocycles. The normalized spacial score (nSPS) is 14.7. The second-order valence-electron chi connectivity index (χ2n) is 6.59. The number of carbonyl (C=O) groups is 1. The lowest BCUT2D eigenvalue weighted by Crippen LogP contribution is -2.40. The Hall–Kier alpha value is -2.60. The average Bonchev–Trinajstić information content (AvgIpc) is 3.16. The maximum Gasteiger partial charge on any atom is 0.240 e. The monoisotopic (exact) mass is 381 g/mol. The quantitative estimate of drug-likeness (QED) is 0.668. The number of aromatic amines is 1. The van der Waals surface area contributed by atoms with Gasteiger partial charge in [0, 0.05) is 12.2 Å². The van der Waals surface area contributed by atoms with Crippen molar-refractivity contribution in [1.29, 1.82) is 0 Å². The molecule has 1 aromatic heterocycles. The average molecular weight is 381 g/mol. The first-order valence-electron chi connectivity index (χ1n) is 8.99. The van der Waals surface area contributed by atoms with Crippen molar-refractivity contribution in [1.82, 2.24) is 9.97 Å². The van der Waals surface area contributed by atoms with E-state index in [0.717, 1.165) is 36.3 Å². The van der Waals surface area contributed by atoms with Crippen LogP contribution < -0.4 is 4.90 Å². The van der Waals surface area contributed by atoms with Crippen LogP contribution in [0.25, 0.3) is 11.3 Å². The van der Waals surface area contributed by atoms with Gasteiger partial charge in [0.25, 0.3) is 0 Å². The van der Waals surface area contributed by atoms with Crippen LogP contribution >= 0.6 is 11.8 Å². The molecule has 0 aliphatic carbocycles. The van der Waals surface area contributed by atoms with E-state index >= 15 is 0 Å². The van der Waals surface area contributed by atoms with Gasteiger partial charge in [0.1, 0.15) is 5.82 Å². The Morgan fingerprint density at radius 2 is 2.00 bits per heavy atom. The first-order chi connectivity index (χ1) is 13.1. The number of hydrogen-bond donors (Lipinski definition) is 1. The van der Waals surface area contributed by atoms with E-state index in [4.69, 9.17) is 0 Å². The molecule has 1 aliphatic rings. The minimum Gasteiger partial charge on any atom is -0.333 e. The van der Waals surface area contributed by atoms with Crippen molar-refractivity contribution in [3.63, 3.8) is 0 Å². The molecule has 4 nitrogen and oxygen atoms in total. The Kier molecular flexibility index (Phi) is 4.99. The summed E-state index contributed by atoms with van der Waals surface area (Å²) in [5, 5.41) is 0.420. The smallest absolute Gasteiger partial charge is 0.240 e. The molecule has 2 aromatic carbocycles. The van der Waals surface area contributed by atoms with Crippen molar-refractivity contribution >= 4 is 23.4 Å². The Morgan fingerprint density at radius 3 is 2.81 bits per heavy atom. The van der Waals surface area contributed by atoms with Crippen molar-refractivity contribution in [3.05, 3.63) is 66.1 Å². The van der Waals surface area contributed by atoms with Gasteiger partial charge < -0.3 is 9.88 Å². The largest absolute Gasteiger partial charge is 0.333 e.